The summed E-state index contributed by atoms with van der Waals surface area (Å²) < 4.78 is 45.7. The van der Waals surface area contributed by atoms with Gasteiger partial charge in [-0.3, -0.25) is 8.78 Å². The Morgan fingerprint density at radius 1 is 0.750 bits per heavy atom. The number of hydrogen-bond acceptors (Lipinski definition) is 4. The molecule has 0 aromatic heterocycles. The summed E-state index contributed by atoms with van der Waals surface area (Å²) in [6, 6.07) is 0. The van der Waals surface area contributed by atoms with Crippen molar-refractivity contribution in [1.82, 2.24) is 0 Å². The lowest BCUT2D eigenvalue weighted by atomic mass is 9.47. The lowest BCUT2D eigenvalue weighted by Gasteiger charge is -2.31. The van der Waals surface area contributed by atoms with Crippen LogP contribution < -0.4 is 0 Å². The number of alkyl halides is 2. The lowest BCUT2D eigenvalue weighted by molar-refractivity contribution is 0.0428. The van der Waals surface area contributed by atoms with E-state index in [1.165, 1.54) is 0 Å². The van der Waals surface area contributed by atoms with Gasteiger partial charge in [0.1, 0.15) is 0 Å². The quantitative estimate of drug-likeness (QED) is 0.658. The maximum absolute atomic E-state index is 12.3. The van der Waals surface area contributed by atoms with E-state index in [0.29, 0.717) is 26.4 Å². The average Bonchev–Trinajstić information content (AvgIpc) is 2.39. The van der Waals surface area contributed by atoms with Crippen molar-refractivity contribution in [1.29, 1.82) is 0 Å². The molecule has 2 rings (SSSR count). The van der Waals surface area contributed by atoms with Gasteiger partial charge >= 0.3 is 14.0 Å². The number of halogens is 2. The van der Waals surface area contributed by atoms with E-state index in [0.717, 1.165) is 0 Å². The molecule has 2 saturated heterocycles. The van der Waals surface area contributed by atoms with Gasteiger partial charge < -0.3 is 18.6 Å². The third-order valence-corrected chi connectivity index (χ3v) is 2.64. The van der Waals surface area contributed by atoms with Crippen molar-refractivity contribution >= 4 is 14.0 Å². The molecule has 0 spiro atoms. The molecule has 0 N–H and O–H groups in total. The highest BCUT2D eigenvalue weighted by Crippen LogP contribution is 2.16. The molecule has 0 atom stereocenters. The Morgan fingerprint density at radius 3 is 1.31 bits per heavy atom. The number of rotatable bonds is 3. The maximum Gasteiger partial charge on any atom is 0.488 e. The zero-order valence-corrected chi connectivity index (χ0v) is 8.94. The summed E-state index contributed by atoms with van der Waals surface area (Å²) in [6.07, 6.45) is 0. The van der Waals surface area contributed by atoms with Crippen molar-refractivity contribution < 1.29 is 27.4 Å². The monoisotopic (exact) mass is 234 g/mol. The molecule has 0 aromatic carbocycles. The van der Waals surface area contributed by atoms with Crippen LogP contribution in [-0.2, 0) is 18.6 Å². The van der Waals surface area contributed by atoms with E-state index in [1.807, 2.05) is 0 Å². The summed E-state index contributed by atoms with van der Waals surface area (Å²) in [5, 5.41) is 0. The first-order valence-electron chi connectivity index (χ1n) is 5.41. The zero-order valence-electron chi connectivity index (χ0n) is 8.94. The SMILES string of the molecule is FCC1COB(B2OCC(CF)CO2)OC1. The standard InChI is InChI=1S/C8H14B2F2O4/c11-1-7-3-13-9(14-4-7)10-15-5-8(2-12)6-16-10/h7-8H,1-6H2. The van der Waals surface area contributed by atoms with Gasteiger partial charge in [-0.25, -0.2) is 0 Å². The molecule has 2 aliphatic rings. The fourth-order valence-electron chi connectivity index (χ4n) is 1.61. The molecule has 0 amide bonds. The van der Waals surface area contributed by atoms with Gasteiger partial charge in [0.25, 0.3) is 0 Å². The third kappa shape index (κ3) is 2.94. The molecule has 0 aliphatic carbocycles. The fraction of sp³-hybridized carbons (Fsp3) is 1.00. The van der Waals surface area contributed by atoms with Gasteiger partial charge in [-0.2, -0.15) is 0 Å². The molecular formula is C8H14B2F2O4. The van der Waals surface area contributed by atoms with Crippen LogP contribution in [-0.4, -0.2) is 53.8 Å². The van der Waals surface area contributed by atoms with Gasteiger partial charge in [0.05, 0.1) is 13.3 Å². The Kier molecular flexibility index (Phi) is 4.57. The fourth-order valence-corrected chi connectivity index (χ4v) is 1.61. The second-order valence-corrected chi connectivity index (χ2v) is 4.11. The molecule has 0 unspecified atom stereocenters. The Labute approximate surface area is 93.8 Å². The highest BCUT2D eigenvalue weighted by Gasteiger charge is 2.45. The summed E-state index contributed by atoms with van der Waals surface area (Å²) in [4.78, 5) is 0. The van der Waals surface area contributed by atoms with Crippen LogP contribution >= 0.6 is 0 Å². The van der Waals surface area contributed by atoms with Crippen molar-refractivity contribution in [3.05, 3.63) is 0 Å². The third-order valence-electron chi connectivity index (χ3n) is 2.64. The molecule has 0 radical (unpaired) electrons. The summed E-state index contributed by atoms with van der Waals surface area (Å²) in [7, 11) is -1.24. The normalized spacial score (nSPS) is 25.1. The molecule has 16 heavy (non-hydrogen) atoms. The van der Waals surface area contributed by atoms with Gasteiger partial charge in [-0.15, -0.1) is 0 Å². The molecule has 8 heteroatoms. The van der Waals surface area contributed by atoms with Crippen LogP contribution in [0.5, 0.6) is 0 Å². The summed E-state index contributed by atoms with van der Waals surface area (Å²) in [5.74, 6) is -0.420. The molecule has 2 aliphatic heterocycles. The average molecular weight is 234 g/mol. The Hall–Kier alpha value is -0.170. The Morgan fingerprint density at radius 2 is 1.06 bits per heavy atom. The topological polar surface area (TPSA) is 36.9 Å². The van der Waals surface area contributed by atoms with E-state index in [2.05, 4.69) is 0 Å². The first-order chi connectivity index (χ1) is 7.83. The van der Waals surface area contributed by atoms with Gasteiger partial charge in [-0.05, 0) is 0 Å². The predicted octanol–water partition coefficient (Wildman–Crippen LogP) is 0.306. The van der Waals surface area contributed by atoms with Gasteiger partial charge in [0, 0.05) is 38.3 Å². The molecule has 4 nitrogen and oxygen atoms in total. The van der Waals surface area contributed by atoms with Crippen molar-refractivity contribution in [2.24, 2.45) is 11.8 Å². The minimum Gasteiger partial charge on any atom is -0.413 e. The van der Waals surface area contributed by atoms with Crippen LogP contribution in [0.25, 0.3) is 0 Å². The van der Waals surface area contributed by atoms with Crippen LogP contribution in [0.1, 0.15) is 0 Å². The minimum atomic E-state index is -0.622. The lowest BCUT2D eigenvalue weighted by Crippen LogP contribution is -2.54. The van der Waals surface area contributed by atoms with Gasteiger partial charge in [0.2, 0.25) is 0 Å². The molecule has 90 valence electrons. The van der Waals surface area contributed by atoms with Crippen LogP contribution in [0, 0.1) is 11.8 Å². The zero-order chi connectivity index (χ0) is 11.4. The molecule has 2 heterocycles. The van der Waals surface area contributed by atoms with Crippen LogP contribution in [0.15, 0.2) is 0 Å². The predicted molar refractivity (Wildman–Crippen MR) is 54.2 cm³/mol. The highest BCUT2D eigenvalue weighted by atomic mass is 19.1. The van der Waals surface area contributed by atoms with Crippen molar-refractivity contribution in [3.63, 3.8) is 0 Å². The van der Waals surface area contributed by atoms with E-state index in [1.54, 1.807) is 0 Å². The van der Waals surface area contributed by atoms with Crippen LogP contribution in [0.2, 0.25) is 0 Å². The van der Waals surface area contributed by atoms with Crippen molar-refractivity contribution in [2.45, 2.75) is 0 Å². The van der Waals surface area contributed by atoms with Crippen molar-refractivity contribution in [3.8, 4) is 0 Å². The first-order valence-corrected chi connectivity index (χ1v) is 5.41. The van der Waals surface area contributed by atoms with Crippen LogP contribution in [0.3, 0.4) is 0 Å². The Bertz CT molecular complexity index is 186. The molecule has 2 fully saturated rings. The number of hydrogen-bond donors (Lipinski definition) is 0. The highest BCUT2D eigenvalue weighted by molar-refractivity contribution is 7.10. The van der Waals surface area contributed by atoms with E-state index < -0.39 is 27.4 Å². The largest absolute Gasteiger partial charge is 0.488 e. The van der Waals surface area contributed by atoms with E-state index in [4.69, 9.17) is 18.6 Å². The summed E-state index contributed by atoms with van der Waals surface area (Å²) >= 11 is 0. The second-order valence-electron chi connectivity index (χ2n) is 4.11. The minimum absolute atomic E-state index is 0.210. The maximum atomic E-state index is 12.3. The van der Waals surface area contributed by atoms with Crippen LogP contribution in [0.4, 0.5) is 8.78 Å². The first kappa shape index (κ1) is 12.3. The molecule has 0 aromatic rings. The van der Waals surface area contributed by atoms with Gasteiger partial charge in [-0.1, -0.05) is 0 Å². The van der Waals surface area contributed by atoms with E-state index in [-0.39, 0.29) is 11.8 Å². The molecule has 0 bridgehead atoms. The Balaban J connectivity index is 1.73. The second kappa shape index (κ2) is 5.95. The van der Waals surface area contributed by atoms with E-state index in [9.17, 15) is 8.78 Å². The summed E-state index contributed by atoms with van der Waals surface area (Å²) in [6.45, 7) is 0.299. The molecular weight excluding hydrogens is 220 g/mol. The molecule has 0 saturated carbocycles. The summed E-state index contributed by atoms with van der Waals surface area (Å²) in [5.41, 5.74) is 0. The van der Waals surface area contributed by atoms with Crippen molar-refractivity contribution in [2.75, 3.05) is 39.8 Å². The van der Waals surface area contributed by atoms with Gasteiger partial charge in [0.15, 0.2) is 0 Å². The smallest absolute Gasteiger partial charge is 0.413 e. The van der Waals surface area contributed by atoms with E-state index >= 15 is 0 Å².